The van der Waals surface area contributed by atoms with Crippen LogP contribution in [0.15, 0.2) is 30.3 Å². The quantitative estimate of drug-likeness (QED) is 0.599. The molecule has 0 aromatic heterocycles. The average molecular weight is 179 g/mol. The normalized spacial score (nSPS) is 23.2. The lowest BCUT2D eigenvalue weighted by molar-refractivity contribution is 0.266. The topological polar surface area (TPSA) is 3.24 Å². The second kappa shape index (κ2) is 3.77. The zero-order chi connectivity index (χ0) is 9.10. The zero-order valence-electron chi connectivity index (χ0n) is 7.62. The Morgan fingerprint density at radius 3 is 2.62 bits per heavy atom. The van der Waals surface area contributed by atoms with Gasteiger partial charge in [0.2, 0.25) is 0 Å². The number of hydrogen-bond acceptors (Lipinski definition) is 1. The minimum atomic E-state index is -0.781. The predicted octanol–water partition coefficient (Wildman–Crippen LogP) is 2.97. The van der Waals surface area contributed by atoms with Crippen LogP contribution in [0, 0.1) is 0 Å². The number of rotatable bonds is 1. The second-order valence-corrected chi connectivity index (χ2v) is 3.46. The van der Waals surface area contributed by atoms with Crippen molar-refractivity contribution in [2.24, 2.45) is 0 Å². The molecular formula is C11H14FN. The molecule has 1 heterocycles. The molecule has 1 fully saturated rings. The van der Waals surface area contributed by atoms with E-state index in [4.69, 9.17) is 0 Å². The lowest BCUT2D eigenvalue weighted by Gasteiger charge is -2.32. The van der Waals surface area contributed by atoms with Crippen LogP contribution in [0.2, 0.25) is 0 Å². The maximum absolute atomic E-state index is 13.5. The van der Waals surface area contributed by atoms with Gasteiger partial charge in [-0.05, 0) is 31.4 Å². The van der Waals surface area contributed by atoms with Gasteiger partial charge in [-0.2, -0.15) is 0 Å². The maximum Gasteiger partial charge on any atom is 0.172 e. The van der Waals surface area contributed by atoms with Gasteiger partial charge in [0.1, 0.15) is 0 Å². The molecule has 70 valence electrons. The van der Waals surface area contributed by atoms with Crippen LogP contribution in [0.1, 0.15) is 19.3 Å². The van der Waals surface area contributed by atoms with E-state index in [0.29, 0.717) is 6.42 Å². The Morgan fingerprint density at radius 1 is 1.15 bits per heavy atom. The Kier molecular flexibility index (Phi) is 2.48. The fourth-order valence-electron chi connectivity index (χ4n) is 1.80. The van der Waals surface area contributed by atoms with Crippen molar-refractivity contribution in [1.82, 2.24) is 0 Å². The van der Waals surface area contributed by atoms with Gasteiger partial charge in [0.15, 0.2) is 6.30 Å². The van der Waals surface area contributed by atoms with E-state index >= 15 is 0 Å². The predicted molar refractivity (Wildman–Crippen MR) is 52.5 cm³/mol. The molecule has 0 unspecified atom stereocenters. The first-order valence-electron chi connectivity index (χ1n) is 4.84. The average Bonchev–Trinajstić information content (AvgIpc) is 2.20. The Balaban J connectivity index is 2.15. The molecule has 1 aromatic carbocycles. The second-order valence-electron chi connectivity index (χ2n) is 3.46. The molecule has 0 saturated carbocycles. The number of nitrogens with zero attached hydrogens (tertiary/aromatic N) is 1. The van der Waals surface area contributed by atoms with Crippen LogP contribution in [0.25, 0.3) is 0 Å². The van der Waals surface area contributed by atoms with E-state index in [9.17, 15) is 4.39 Å². The van der Waals surface area contributed by atoms with Crippen LogP contribution in [0.5, 0.6) is 0 Å². The molecule has 1 atom stereocenters. The molecule has 1 aliphatic heterocycles. The standard InChI is InChI=1S/C11H14FN/c12-11-8-4-5-9-13(11)10-6-2-1-3-7-10/h1-3,6-7,11H,4-5,8-9H2/t11-/m1/s1. The van der Waals surface area contributed by atoms with E-state index in [1.165, 1.54) is 0 Å². The first-order valence-corrected chi connectivity index (χ1v) is 4.84. The number of halogens is 1. The summed E-state index contributed by atoms with van der Waals surface area (Å²) in [5.41, 5.74) is 1.01. The van der Waals surface area contributed by atoms with E-state index in [2.05, 4.69) is 0 Å². The van der Waals surface area contributed by atoms with Crippen LogP contribution in [-0.2, 0) is 0 Å². The van der Waals surface area contributed by atoms with Crippen LogP contribution >= 0.6 is 0 Å². The van der Waals surface area contributed by atoms with Crippen molar-refractivity contribution >= 4 is 5.69 Å². The highest BCUT2D eigenvalue weighted by molar-refractivity contribution is 5.46. The number of anilines is 1. The van der Waals surface area contributed by atoms with Crippen molar-refractivity contribution in [3.63, 3.8) is 0 Å². The van der Waals surface area contributed by atoms with Crippen LogP contribution in [0.4, 0.5) is 10.1 Å². The van der Waals surface area contributed by atoms with E-state index in [-0.39, 0.29) is 0 Å². The Bertz CT molecular complexity index is 260. The molecule has 2 rings (SSSR count). The third-order valence-corrected chi connectivity index (χ3v) is 2.52. The van der Waals surface area contributed by atoms with E-state index < -0.39 is 6.30 Å². The van der Waals surface area contributed by atoms with Gasteiger partial charge in [0.25, 0.3) is 0 Å². The van der Waals surface area contributed by atoms with E-state index in [0.717, 1.165) is 25.1 Å². The van der Waals surface area contributed by atoms with Crippen molar-refractivity contribution in [3.05, 3.63) is 30.3 Å². The maximum atomic E-state index is 13.5. The molecular weight excluding hydrogens is 165 g/mol. The van der Waals surface area contributed by atoms with Gasteiger partial charge < -0.3 is 4.90 Å². The summed E-state index contributed by atoms with van der Waals surface area (Å²) < 4.78 is 13.5. The van der Waals surface area contributed by atoms with Gasteiger partial charge >= 0.3 is 0 Å². The summed E-state index contributed by atoms with van der Waals surface area (Å²) in [6.07, 6.45) is 2.02. The van der Waals surface area contributed by atoms with E-state index in [1.54, 1.807) is 0 Å². The molecule has 13 heavy (non-hydrogen) atoms. The minimum absolute atomic E-state index is 0.675. The molecule has 0 N–H and O–H groups in total. The molecule has 1 aliphatic rings. The molecule has 0 radical (unpaired) electrons. The highest BCUT2D eigenvalue weighted by atomic mass is 19.1. The van der Waals surface area contributed by atoms with Crippen molar-refractivity contribution in [1.29, 1.82) is 0 Å². The van der Waals surface area contributed by atoms with Crippen molar-refractivity contribution in [2.75, 3.05) is 11.4 Å². The molecule has 0 spiro atoms. The fourth-order valence-corrected chi connectivity index (χ4v) is 1.80. The molecule has 1 nitrogen and oxygen atoms in total. The number of para-hydroxylation sites is 1. The number of benzene rings is 1. The molecule has 2 heteroatoms. The van der Waals surface area contributed by atoms with E-state index in [1.807, 2.05) is 35.2 Å². The summed E-state index contributed by atoms with van der Waals surface area (Å²) >= 11 is 0. The SMILES string of the molecule is F[C@H]1CCCCN1c1ccccc1. The lowest BCUT2D eigenvalue weighted by atomic mass is 10.1. The molecule has 1 saturated heterocycles. The van der Waals surface area contributed by atoms with Gasteiger partial charge in [-0.1, -0.05) is 18.2 Å². The summed E-state index contributed by atoms with van der Waals surface area (Å²) in [5, 5.41) is 0. The van der Waals surface area contributed by atoms with Gasteiger partial charge in [0.05, 0.1) is 0 Å². The summed E-state index contributed by atoms with van der Waals surface area (Å²) in [6.45, 7) is 0.852. The van der Waals surface area contributed by atoms with Crippen molar-refractivity contribution < 1.29 is 4.39 Å². The van der Waals surface area contributed by atoms with Gasteiger partial charge in [-0.3, -0.25) is 0 Å². The summed E-state index contributed by atoms with van der Waals surface area (Å²) in [4.78, 5) is 1.85. The molecule has 0 amide bonds. The van der Waals surface area contributed by atoms with Crippen LogP contribution in [0.3, 0.4) is 0 Å². The number of hydrogen-bond donors (Lipinski definition) is 0. The third-order valence-electron chi connectivity index (χ3n) is 2.52. The monoisotopic (exact) mass is 179 g/mol. The minimum Gasteiger partial charge on any atom is -0.342 e. The van der Waals surface area contributed by atoms with Crippen LogP contribution < -0.4 is 4.90 Å². The van der Waals surface area contributed by atoms with Crippen LogP contribution in [-0.4, -0.2) is 12.8 Å². The Morgan fingerprint density at radius 2 is 1.92 bits per heavy atom. The Labute approximate surface area is 78.2 Å². The number of piperidine rings is 1. The van der Waals surface area contributed by atoms with Crippen molar-refractivity contribution in [2.45, 2.75) is 25.6 Å². The summed E-state index contributed by atoms with van der Waals surface area (Å²) in [7, 11) is 0. The zero-order valence-corrected chi connectivity index (χ0v) is 7.62. The first kappa shape index (κ1) is 8.54. The third kappa shape index (κ3) is 1.82. The van der Waals surface area contributed by atoms with Gasteiger partial charge in [-0.25, -0.2) is 4.39 Å². The largest absolute Gasteiger partial charge is 0.342 e. The molecule has 0 aliphatic carbocycles. The number of alkyl halides is 1. The van der Waals surface area contributed by atoms with Gasteiger partial charge in [0, 0.05) is 12.2 Å². The first-order chi connectivity index (χ1) is 6.38. The van der Waals surface area contributed by atoms with Gasteiger partial charge in [-0.15, -0.1) is 0 Å². The van der Waals surface area contributed by atoms with Crippen molar-refractivity contribution in [3.8, 4) is 0 Å². The summed E-state index contributed by atoms with van der Waals surface area (Å²) in [6, 6.07) is 9.81. The smallest absolute Gasteiger partial charge is 0.172 e. The molecule has 0 bridgehead atoms. The summed E-state index contributed by atoms with van der Waals surface area (Å²) in [5.74, 6) is 0. The molecule has 1 aromatic rings. The highest BCUT2D eigenvalue weighted by Crippen LogP contribution is 2.24. The highest BCUT2D eigenvalue weighted by Gasteiger charge is 2.21. The fraction of sp³-hybridized carbons (Fsp3) is 0.455. The Hall–Kier alpha value is -1.05. The lowest BCUT2D eigenvalue weighted by Crippen LogP contribution is -2.36.